The number of nitrogens with zero attached hydrogens (tertiary/aromatic N) is 1. The van der Waals surface area contributed by atoms with Crippen LogP contribution in [0.1, 0.15) is 17.3 Å². The molecule has 0 fully saturated rings. The van der Waals surface area contributed by atoms with E-state index >= 15 is 0 Å². The molecule has 7 heteroatoms. The third-order valence-corrected chi connectivity index (χ3v) is 3.61. The van der Waals surface area contributed by atoms with E-state index in [4.69, 9.17) is 16.0 Å². The monoisotopic (exact) mass is 356 g/mol. The van der Waals surface area contributed by atoms with Crippen molar-refractivity contribution >= 4 is 40.1 Å². The average molecular weight is 357 g/mol. The van der Waals surface area contributed by atoms with Gasteiger partial charge in [0.15, 0.2) is 0 Å². The summed E-state index contributed by atoms with van der Waals surface area (Å²) in [5.41, 5.74) is 0.946. The fourth-order valence-corrected chi connectivity index (χ4v) is 2.34. The molecule has 1 heterocycles. The molecule has 6 nitrogen and oxygen atoms in total. The van der Waals surface area contributed by atoms with E-state index in [0.717, 1.165) is 0 Å². The molecule has 2 aromatic carbocycles. The Labute approximate surface area is 147 Å². The number of amides is 1. The van der Waals surface area contributed by atoms with Gasteiger partial charge in [-0.1, -0.05) is 41.9 Å². The van der Waals surface area contributed by atoms with Crippen LogP contribution in [0.25, 0.3) is 11.0 Å². The van der Waals surface area contributed by atoms with Crippen molar-refractivity contribution in [3.05, 3.63) is 70.7 Å². The summed E-state index contributed by atoms with van der Waals surface area (Å²) >= 11 is 6.06. The van der Waals surface area contributed by atoms with Crippen molar-refractivity contribution in [3.8, 4) is 0 Å². The number of carbonyl (C=O) groups excluding carboxylic acids is 2. The molecule has 0 bridgehead atoms. The van der Waals surface area contributed by atoms with Gasteiger partial charge in [0.2, 0.25) is 0 Å². The molecule has 0 saturated heterocycles. The van der Waals surface area contributed by atoms with Gasteiger partial charge in [0, 0.05) is 12.3 Å². The summed E-state index contributed by atoms with van der Waals surface area (Å²) in [4.78, 5) is 28.3. The fraction of sp³-hybridized carbons (Fsp3) is 0.0556. The van der Waals surface area contributed by atoms with Gasteiger partial charge in [0.25, 0.3) is 11.5 Å². The molecule has 3 aromatic rings. The topological polar surface area (TPSA) is 80.9 Å². The molecule has 0 aliphatic rings. The number of hydrogen-bond acceptors (Lipinski definition) is 5. The first-order valence-corrected chi connectivity index (χ1v) is 7.73. The van der Waals surface area contributed by atoms with Gasteiger partial charge in [0.1, 0.15) is 11.1 Å². The Morgan fingerprint density at radius 3 is 2.60 bits per heavy atom. The molecule has 126 valence electrons. The number of anilines is 1. The van der Waals surface area contributed by atoms with E-state index in [9.17, 15) is 9.59 Å². The highest BCUT2D eigenvalue weighted by atomic mass is 35.5. The smallest absolute Gasteiger partial charge is 0.332 e. The molecule has 0 saturated carbocycles. The third-order valence-electron chi connectivity index (χ3n) is 3.28. The zero-order chi connectivity index (χ0) is 17.8. The predicted octanol–water partition coefficient (Wildman–Crippen LogP) is 3.72. The van der Waals surface area contributed by atoms with Crippen LogP contribution < -0.4 is 10.9 Å². The fourth-order valence-electron chi connectivity index (χ4n) is 2.16. The first-order chi connectivity index (χ1) is 12.0. The SMILES string of the molecule is CC(=O)O/N=c1/oc2ccccc2cc1C(=O)Nc1ccccc1Cl. The highest BCUT2D eigenvalue weighted by molar-refractivity contribution is 6.33. The van der Waals surface area contributed by atoms with Crippen molar-refractivity contribution in [1.29, 1.82) is 0 Å². The molecule has 3 rings (SSSR count). The Hall–Kier alpha value is -3.12. The number of hydrogen-bond donors (Lipinski definition) is 1. The molecule has 25 heavy (non-hydrogen) atoms. The first kappa shape index (κ1) is 16.7. The Kier molecular flexibility index (Phi) is 4.81. The lowest BCUT2D eigenvalue weighted by Crippen LogP contribution is -2.22. The number of benzene rings is 2. The van der Waals surface area contributed by atoms with Crippen LogP contribution in [0.3, 0.4) is 0 Å². The summed E-state index contributed by atoms with van der Waals surface area (Å²) in [6.45, 7) is 1.20. The zero-order valence-corrected chi connectivity index (χ0v) is 13.9. The number of fused-ring (bicyclic) bond motifs is 1. The lowest BCUT2D eigenvalue weighted by atomic mass is 10.1. The van der Waals surface area contributed by atoms with Crippen molar-refractivity contribution in [2.45, 2.75) is 6.92 Å². The second-order valence-electron chi connectivity index (χ2n) is 5.11. The minimum Gasteiger partial charge on any atom is -0.435 e. The second-order valence-corrected chi connectivity index (χ2v) is 5.52. The summed E-state index contributed by atoms with van der Waals surface area (Å²) in [6, 6.07) is 15.5. The molecule has 0 aliphatic carbocycles. The quantitative estimate of drug-likeness (QED) is 0.573. The lowest BCUT2D eigenvalue weighted by Gasteiger charge is -2.07. The van der Waals surface area contributed by atoms with Crippen molar-refractivity contribution in [3.63, 3.8) is 0 Å². The number of para-hydroxylation sites is 2. The Bertz CT molecular complexity index is 1030. The second kappa shape index (κ2) is 7.19. The maximum atomic E-state index is 12.6. The predicted molar refractivity (Wildman–Crippen MR) is 92.9 cm³/mol. The van der Waals surface area contributed by atoms with E-state index in [0.29, 0.717) is 21.7 Å². The molecule has 0 atom stereocenters. The van der Waals surface area contributed by atoms with Crippen molar-refractivity contribution in [2.75, 3.05) is 5.32 Å². The Balaban J connectivity index is 2.07. The molecule has 0 radical (unpaired) electrons. The van der Waals surface area contributed by atoms with E-state index in [1.165, 1.54) is 6.92 Å². The van der Waals surface area contributed by atoms with Gasteiger partial charge in [0.05, 0.1) is 10.7 Å². The van der Waals surface area contributed by atoms with Gasteiger partial charge in [-0.15, -0.1) is 0 Å². The molecular weight excluding hydrogens is 344 g/mol. The third kappa shape index (κ3) is 3.87. The molecule has 0 spiro atoms. The van der Waals surface area contributed by atoms with Crippen LogP contribution >= 0.6 is 11.6 Å². The number of nitrogens with one attached hydrogen (secondary N) is 1. The van der Waals surface area contributed by atoms with Crippen LogP contribution in [-0.2, 0) is 9.63 Å². The number of carbonyl (C=O) groups is 2. The van der Waals surface area contributed by atoms with E-state index < -0.39 is 11.9 Å². The molecule has 1 amide bonds. The normalized spacial score (nSPS) is 11.4. The van der Waals surface area contributed by atoms with Gasteiger partial charge in [-0.25, -0.2) is 4.79 Å². The van der Waals surface area contributed by atoms with E-state index in [1.807, 2.05) is 6.07 Å². The Morgan fingerprint density at radius 2 is 1.84 bits per heavy atom. The zero-order valence-electron chi connectivity index (χ0n) is 13.2. The lowest BCUT2D eigenvalue weighted by molar-refractivity contribution is -0.141. The van der Waals surface area contributed by atoms with Crippen LogP contribution in [0.5, 0.6) is 0 Å². The van der Waals surface area contributed by atoms with Crippen LogP contribution in [0, 0.1) is 0 Å². The Morgan fingerprint density at radius 1 is 1.12 bits per heavy atom. The van der Waals surface area contributed by atoms with Crippen LogP contribution in [0.2, 0.25) is 5.02 Å². The standard InChI is InChI=1S/C18H13ClN2O4/c1-11(22)25-21-18-13(10-12-6-2-5-9-16(12)24-18)17(23)20-15-8-4-3-7-14(15)19/h2-10H,1H3,(H,20,23)/b21-18+. The summed E-state index contributed by atoms with van der Waals surface area (Å²) in [7, 11) is 0. The molecule has 0 aliphatic heterocycles. The highest BCUT2D eigenvalue weighted by Crippen LogP contribution is 2.21. The maximum absolute atomic E-state index is 12.6. The van der Waals surface area contributed by atoms with Gasteiger partial charge < -0.3 is 14.6 Å². The summed E-state index contributed by atoms with van der Waals surface area (Å²) in [6.07, 6.45) is 0. The summed E-state index contributed by atoms with van der Waals surface area (Å²) in [5, 5.41) is 7.42. The van der Waals surface area contributed by atoms with Gasteiger partial charge in [-0.3, -0.25) is 4.79 Å². The summed E-state index contributed by atoms with van der Waals surface area (Å²) < 4.78 is 5.59. The maximum Gasteiger partial charge on any atom is 0.332 e. The summed E-state index contributed by atoms with van der Waals surface area (Å²) in [5.74, 6) is -1.12. The average Bonchev–Trinajstić information content (AvgIpc) is 2.61. The minimum absolute atomic E-state index is 0.111. The van der Waals surface area contributed by atoms with Gasteiger partial charge in [-0.05, 0) is 29.4 Å². The molecular formula is C18H13ClN2O4. The number of rotatable bonds is 3. The van der Waals surface area contributed by atoms with Crippen molar-refractivity contribution in [2.24, 2.45) is 5.16 Å². The van der Waals surface area contributed by atoms with Gasteiger partial charge >= 0.3 is 5.97 Å². The van der Waals surface area contributed by atoms with Gasteiger partial charge in [-0.2, -0.15) is 0 Å². The minimum atomic E-state index is -0.624. The van der Waals surface area contributed by atoms with Crippen LogP contribution in [0.15, 0.2) is 64.2 Å². The van der Waals surface area contributed by atoms with Crippen molar-refractivity contribution in [1.82, 2.24) is 0 Å². The van der Waals surface area contributed by atoms with Crippen molar-refractivity contribution < 1.29 is 18.8 Å². The van der Waals surface area contributed by atoms with Crippen LogP contribution in [0.4, 0.5) is 5.69 Å². The highest BCUT2D eigenvalue weighted by Gasteiger charge is 2.14. The molecule has 1 aromatic heterocycles. The molecule has 1 N–H and O–H groups in total. The molecule has 0 unspecified atom stereocenters. The van der Waals surface area contributed by atoms with E-state index in [2.05, 4.69) is 15.3 Å². The van der Waals surface area contributed by atoms with E-state index in [1.54, 1.807) is 48.5 Å². The van der Waals surface area contributed by atoms with Crippen LogP contribution in [-0.4, -0.2) is 11.9 Å². The number of halogens is 1. The first-order valence-electron chi connectivity index (χ1n) is 7.35. The van der Waals surface area contributed by atoms with E-state index in [-0.39, 0.29) is 11.1 Å². The largest absolute Gasteiger partial charge is 0.435 e.